The number of hydrogen-bond acceptors (Lipinski definition) is 3. The van der Waals surface area contributed by atoms with Crippen LogP contribution in [-0.4, -0.2) is 35.7 Å². The fourth-order valence-electron chi connectivity index (χ4n) is 2.40. The number of carbonyl (C=O) groups is 2. The molecule has 5 heteroatoms. The van der Waals surface area contributed by atoms with Crippen LogP contribution in [0.25, 0.3) is 0 Å². The third kappa shape index (κ3) is 3.36. The maximum atomic E-state index is 12.5. The summed E-state index contributed by atoms with van der Waals surface area (Å²) in [5, 5.41) is 9.00. The van der Waals surface area contributed by atoms with Crippen molar-refractivity contribution in [1.82, 2.24) is 0 Å². The molecule has 0 spiro atoms. The van der Waals surface area contributed by atoms with Crippen LogP contribution in [0.2, 0.25) is 0 Å². The number of carboxylic acid groups (broad SMARTS) is 1. The van der Waals surface area contributed by atoms with Gasteiger partial charge in [0.15, 0.2) is 0 Å². The van der Waals surface area contributed by atoms with Crippen molar-refractivity contribution >= 4 is 17.6 Å². The zero-order valence-electron chi connectivity index (χ0n) is 11.5. The van der Waals surface area contributed by atoms with E-state index in [1.165, 1.54) is 4.90 Å². The van der Waals surface area contributed by atoms with Crippen molar-refractivity contribution in [3.05, 3.63) is 30.3 Å². The maximum Gasteiger partial charge on any atom is 0.323 e. The number of carbonyl (C=O) groups excluding carboxylic acids is 1. The molecule has 2 unspecified atom stereocenters. The van der Waals surface area contributed by atoms with E-state index < -0.39 is 12.1 Å². The lowest BCUT2D eigenvalue weighted by Gasteiger charge is -2.24. The molecule has 1 saturated heterocycles. The number of hydrogen-bond donors (Lipinski definition) is 1. The van der Waals surface area contributed by atoms with Crippen LogP contribution >= 0.6 is 0 Å². The number of nitrogens with zero attached hydrogens (tertiary/aromatic N) is 1. The van der Waals surface area contributed by atoms with Gasteiger partial charge in [0.05, 0.1) is 6.10 Å². The Morgan fingerprint density at radius 2 is 2.00 bits per heavy atom. The summed E-state index contributed by atoms with van der Waals surface area (Å²) in [6.07, 6.45) is 1.95. The molecule has 1 aliphatic rings. The van der Waals surface area contributed by atoms with Gasteiger partial charge in [0, 0.05) is 5.69 Å². The first-order valence-corrected chi connectivity index (χ1v) is 6.85. The first-order chi connectivity index (χ1) is 9.61. The fourth-order valence-corrected chi connectivity index (χ4v) is 2.40. The second-order valence-electron chi connectivity index (χ2n) is 4.89. The molecule has 1 aromatic carbocycles. The van der Waals surface area contributed by atoms with Gasteiger partial charge in [-0.15, -0.1) is 0 Å². The number of anilines is 1. The van der Waals surface area contributed by atoms with Crippen molar-refractivity contribution in [2.75, 3.05) is 11.4 Å². The lowest BCUT2D eigenvalue weighted by atomic mass is 10.1. The van der Waals surface area contributed by atoms with Crippen LogP contribution in [0.4, 0.5) is 5.69 Å². The van der Waals surface area contributed by atoms with Crippen molar-refractivity contribution in [2.45, 2.75) is 38.4 Å². The Morgan fingerprint density at radius 1 is 1.30 bits per heavy atom. The number of amides is 1. The van der Waals surface area contributed by atoms with E-state index in [-0.39, 0.29) is 18.6 Å². The summed E-state index contributed by atoms with van der Waals surface area (Å²) in [5.41, 5.74) is 0.587. The zero-order valence-corrected chi connectivity index (χ0v) is 11.5. The van der Waals surface area contributed by atoms with Crippen LogP contribution in [0.3, 0.4) is 0 Å². The van der Waals surface area contributed by atoms with Gasteiger partial charge in [0.2, 0.25) is 0 Å². The van der Waals surface area contributed by atoms with E-state index >= 15 is 0 Å². The highest BCUT2D eigenvalue weighted by Gasteiger charge is 2.33. The van der Waals surface area contributed by atoms with E-state index in [4.69, 9.17) is 9.84 Å². The minimum absolute atomic E-state index is 0.103. The Morgan fingerprint density at radius 3 is 2.55 bits per heavy atom. The van der Waals surface area contributed by atoms with Gasteiger partial charge in [-0.05, 0) is 31.4 Å². The molecule has 108 valence electrons. The highest BCUT2D eigenvalue weighted by molar-refractivity contribution is 6.00. The van der Waals surface area contributed by atoms with Crippen molar-refractivity contribution < 1.29 is 19.4 Å². The monoisotopic (exact) mass is 277 g/mol. The average Bonchev–Trinajstić information content (AvgIpc) is 2.94. The SMILES string of the molecule is CCC1CCC(C(=O)N(CC(=O)O)c2ccccc2)O1. The second-order valence-corrected chi connectivity index (χ2v) is 4.89. The summed E-state index contributed by atoms with van der Waals surface area (Å²) in [6, 6.07) is 8.84. The van der Waals surface area contributed by atoms with Gasteiger partial charge >= 0.3 is 5.97 Å². The molecule has 0 aromatic heterocycles. The van der Waals surface area contributed by atoms with E-state index in [0.717, 1.165) is 12.8 Å². The Hall–Kier alpha value is -1.88. The summed E-state index contributed by atoms with van der Waals surface area (Å²) in [7, 11) is 0. The lowest BCUT2D eigenvalue weighted by molar-refractivity contribution is -0.138. The molecule has 1 amide bonds. The van der Waals surface area contributed by atoms with Crippen molar-refractivity contribution in [1.29, 1.82) is 0 Å². The molecule has 0 aliphatic carbocycles. The summed E-state index contributed by atoms with van der Waals surface area (Å²) < 4.78 is 5.67. The Kier molecular flexibility index (Phi) is 4.74. The van der Waals surface area contributed by atoms with Gasteiger partial charge < -0.3 is 9.84 Å². The quantitative estimate of drug-likeness (QED) is 0.894. The lowest BCUT2D eigenvalue weighted by Crippen LogP contribution is -2.42. The molecule has 2 atom stereocenters. The third-order valence-electron chi connectivity index (χ3n) is 3.47. The molecule has 1 fully saturated rings. The highest BCUT2D eigenvalue weighted by Crippen LogP contribution is 2.25. The Bertz CT molecular complexity index is 474. The standard InChI is InChI=1S/C15H19NO4/c1-2-12-8-9-13(20-12)15(19)16(10-14(17)18)11-6-4-3-5-7-11/h3-7,12-13H,2,8-10H2,1H3,(H,17,18). The molecule has 0 radical (unpaired) electrons. The molecule has 0 saturated carbocycles. The number of ether oxygens (including phenoxy) is 1. The molecule has 1 aliphatic heterocycles. The van der Waals surface area contributed by atoms with Crippen molar-refractivity contribution in [3.8, 4) is 0 Å². The molecular weight excluding hydrogens is 258 g/mol. The predicted molar refractivity (Wildman–Crippen MR) is 74.6 cm³/mol. The number of aliphatic carboxylic acids is 1. The zero-order chi connectivity index (χ0) is 14.5. The first-order valence-electron chi connectivity index (χ1n) is 6.85. The van der Waals surface area contributed by atoms with Crippen LogP contribution < -0.4 is 4.90 Å². The molecule has 1 aromatic rings. The van der Waals surface area contributed by atoms with E-state index in [9.17, 15) is 9.59 Å². The Labute approximate surface area is 118 Å². The molecule has 2 rings (SSSR count). The number of para-hydroxylation sites is 1. The topological polar surface area (TPSA) is 66.8 Å². The number of rotatable bonds is 5. The van der Waals surface area contributed by atoms with E-state index in [1.54, 1.807) is 24.3 Å². The molecule has 1 heterocycles. The summed E-state index contributed by atoms with van der Waals surface area (Å²) >= 11 is 0. The first kappa shape index (κ1) is 14.5. The average molecular weight is 277 g/mol. The van der Waals surface area contributed by atoms with Crippen LogP contribution in [0.1, 0.15) is 26.2 Å². The van der Waals surface area contributed by atoms with Crippen LogP contribution in [0, 0.1) is 0 Å². The normalized spacial score (nSPS) is 21.6. The number of benzene rings is 1. The fraction of sp³-hybridized carbons (Fsp3) is 0.467. The molecular formula is C15H19NO4. The summed E-state index contributed by atoms with van der Waals surface area (Å²) in [6.45, 7) is 1.67. The molecule has 1 N–H and O–H groups in total. The van der Waals surface area contributed by atoms with Gasteiger partial charge in [-0.3, -0.25) is 14.5 Å². The minimum Gasteiger partial charge on any atom is -0.480 e. The minimum atomic E-state index is -1.03. The van der Waals surface area contributed by atoms with Crippen LogP contribution in [-0.2, 0) is 14.3 Å². The van der Waals surface area contributed by atoms with Crippen LogP contribution in [0.15, 0.2) is 30.3 Å². The highest BCUT2D eigenvalue weighted by atomic mass is 16.5. The maximum absolute atomic E-state index is 12.5. The van der Waals surface area contributed by atoms with Crippen molar-refractivity contribution in [2.24, 2.45) is 0 Å². The largest absolute Gasteiger partial charge is 0.480 e. The van der Waals surface area contributed by atoms with Gasteiger partial charge in [-0.25, -0.2) is 0 Å². The third-order valence-corrected chi connectivity index (χ3v) is 3.47. The Balaban J connectivity index is 2.15. The van der Waals surface area contributed by atoms with Gasteiger partial charge in [-0.2, -0.15) is 0 Å². The van der Waals surface area contributed by atoms with Gasteiger partial charge in [-0.1, -0.05) is 25.1 Å². The number of carboxylic acids is 1. The van der Waals surface area contributed by atoms with Crippen molar-refractivity contribution in [3.63, 3.8) is 0 Å². The van der Waals surface area contributed by atoms with Gasteiger partial charge in [0.1, 0.15) is 12.6 Å². The predicted octanol–water partition coefficient (Wildman–Crippen LogP) is 2.06. The molecule has 5 nitrogen and oxygen atoms in total. The summed E-state index contributed by atoms with van der Waals surface area (Å²) in [4.78, 5) is 24.8. The summed E-state index contributed by atoms with van der Waals surface area (Å²) in [5.74, 6) is -1.30. The molecule has 20 heavy (non-hydrogen) atoms. The van der Waals surface area contributed by atoms with E-state index in [2.05, 4.69) is 0 Å². The van der Waals surface area contributed by atoms with E-state index in [1.807, 2.05) is 13.0 Å². The van der Waals surface area contributed by atoms with Crippen LogP contribution in [0.5, 0.6) is 0 Å². The smallest absolute Gasteiger partial charge is 0.323 e. The molecule has 0 bridgehead atoms. The van der Waals surface area contributed by atoms with E-state index in [0.29, 0.717) is 12.1 Å². The van der Waals surface area contributed by atoms with Gasteiger partial charge in [0.25, 0.3) is 5.91 Å². The second kappa shape index (κ2) is 6.52.